The Kier molecular flexibility index (Phi) is 7.94. The van der Waals surface area contributed by atoms with E-state index < -0.39 is 32.7 Å². The highest BCUT2D eigenvalue weighted by atomic mass is 35.5. The molecule has 0 radical (unpaired) electrons. The van der Waals surface area contributed by atoms with Crippen molar-refractivity contribution in [2.45, 2.75) is 40.6 Å². The van der Waals surface area contributed by atoms with E-state index in [1.807, 2.05) is 0 Å². The van der Waals surface area contributed by atoms with Crippen molar-refractivity contribution in [3.05, 3.63) is 64.9 Å². The van der Waals surface area contributed by atoms with Gasteiger partial charge in [-0.25, -0.2) is 8.42 Å². The topological polar surface area (TPSA) is 93.9 Å². The van der Waals surface area contributed by atoms with E-state index in [4.69, 9.17) is 11.6 Å². The van der Waals surface area contributed by atoms with E-state index in [0.29, 0.717) is 6.42 Å². The van der Waals surface area contributed by atoms with E-state index in [-0.39, 0.29) is 32.3 Å². The van der Waals surface area contributed by atoms with E-state index in [0.717, 1.165) is 30.0 Å². The van der Waals surface area contributed by atoms with Crippen LogP contribution in [-0.2, 0) is 33.6 Å². The number of sulfone groups is 1. The molecule has 182 valence electrons. The van der Waals surface area contributed by atoms with Gasteiger partial charge in [0, 0.05) is 7.05 Å². The summed E-state index contributed by atoms with van der Waals surface area (Å²) in [4.78, 5) is 12.9. The maximum Gasteiger partial charge on any atom is 0.416 e. The second-order valence-electron chi connectivity index (χ2n) is 7.23. The largest absolute Gasteiger partial charge is 0.416 e. The zero-order chi connectivity index (χ0) is 25.1. The number of halogens is 4. The van der Waals surface area contributed by atoms with Crippen LogP contribution in [0.4, 0.5) is 18.9 Å². The Balaban J connectivity index is 1.75. The molecule has 0 bridgehead atoms. The van der Waals surface area contributed by atoms with Crippen LogP contribution in [0.15, 0.2) is 58.6 Å². The minimum Gasteiger partial charge on any atom is -0.324 e. The third kappa shape index (κ3) is 6.10. The van der Waals surface area contributed by atoms with E-state index in [2.05, 4.69) is 15.5 Å². The first kappa shape index (κ1) is 26.0. The van der Waals surface area contributed by atoms with E-state index in [1.165, 1.54) is 16.7 Å². The second-order valence-corrected chi connectivity index (χ2v) is 10.8. The van der Waals surface area contributed by atoms with Crippen molar-refractivity contribution in [2.75, 3.05) is 5.32 Å². The Bertz CT molecular complexity index is 1280. The summed E-state index contributed by atoms with van der Waals surface area (Å²) in [6.07, 6.45) is -4.27. The lowest BCUT2D eigenvalue weighted by molar-refractivity contribution is -0.137. The van der Waals surface area contributed by atoms with E-state index in [9.17, 15) is 26.4 Å². The van der Waals surface area contributed by atoms with Crippen molar-refractivity contribution in [1.29, 1.82) is 0 Å². The summed E-state index contributed by atoms with van der Waals surface area (Å²) in [5, 5.41) is 9.88. The summed E-state index contributed by atoms with van der Waals surface area (Å²) >= 11 is 6.98. The minimum absolute atomic E-state index is 0.0340. The fourth-order valence-corrected chi connectivity index (χ4v) is 5.35. The number of carbonyl (C=O) groups is 1. The first-order chi connectivity index (χ1) is 15.9. The van der Waals surface area contributed by atoms with Crippen LogP contribution in [0, 0.1) is 0 Å². The number of carbonyl (C=O) groups excluding carboxylic acids is 1. The lowest BCUT2D eigenvalue weighted by Crippen LogP contribution is -2.25. The van der Waals surface area contributed by atoms with E-state index >= 15 is 0 Å². The second kappa shape index (κ2) is 10.4. The van der Waals surface area contributed by atoms with Crippen LogP contribution < -0.4 is 5.32 Å². The first-order valence-corrected chi connectivity index (χ1v) is 12.8. The van der Waals surface area contributed by atoms with Gasteiger partial charge in [0.2, 0.25) is 5.91 Å². The Morgan fingerprint density at radius 3 is 2.47 bits per heavy atom. The standard InChI is InChI=1S/C21H20ClF3N4O3S2/c1-3-17(19(30)26-16-11-13(21(23,24)25)9-10-15(16)22)33-20-28-27-18(29(20)2)12-34(31,32)14-7-5-4-6-8-14/h4-11,17H,3,12H2,1-2H3,(H,26,30). The molecule has 0 aliphatic rings. The van der Waals surface area contributed by atoms with Crippen LogP contribution >= 0.6 is 23.4 Å². The number of nitrogens with one attached hydrogen (secondary N) is 1. The molecule has 1 unspecified atom stereocenters. The van der Waals surface area contributed by atoms with Crippen LogP contribution in [0.5, 0.6) is 0 Å². The number of hydrogen-bond acceptors (Lipinski definition) is 6. The van der Waals surface area contributed by atoms with Crippen LogP contribution in [0.3, 0.4) is 0 Å². The molecule has 0 spiro atoms. The normalized spacial score (nSPS) is 13.0. The molecule has 3 rings (SSSR count). The summed E-state index contributed by atoms with van der Waals surface area (Å²) < 4.78 is 65.8. The van der Waals surface area contributed by atoms with Crippen molar-refractivity contribution in [3.63, 3.8) is 0 Å². The number of alkyl halides is 3. The Morgan fingerprint density at radius 1 is 1.18 bits per heavy atom. The molecule has 1 aromatic heterocycles. The van der Waals surface area contributed by atoms with Gasteiger partial charge in [0.15, 0.2) is 15.0 Å². The van der Waals surface area contributed by atoms with Crippen LogP contribution in [0.25, 0.3) is 0 Å². The van der Waals surface area contributed by atoms with Gasteiger partial charge in [0.1, 0.15) is 11.6 Å². The Labute approximate surface area is 203 Å². The molecule has 1 heterocycles. The molecular formula is C21H20ClF3N4O3S2. The lowest BCUT2D eigenvalue weighted by atomic mass is 10.2. The van der Waals surface area contributed by atoms with Gasteiger partial charge in [-0.2, -0.15) is 13.2 Å². The fraction of sp³-hybridized carbons (Fsp3) is 0.286. The van der Waals surface area contributed by atoms with Gasteiger partial charge < -0.3 is 9.88 Å². The SMILES string of the molecule is CCC(Sc1nnc(CS(=O)(=O)c2ccccc2)n1C)C(=O)Nc1cc(C(F)(F)F)ccc1Cl. The average Bonchev–Trinajstić information content (AvgIpc) is 3.11. The first-order valence-electron chi connectivity index (χ1n) is 9.92. The number of benzene rings is 2. The third-order valence-electron chi connectivity index (χ3n) is 4.81. The quantitative estimate of drug-likeness (QED) is 0.412. The summed E-state index contributed by atoms with van der Waals surface area (Å²) in [5.74, 6) is -0.776. The molecule has 34 heavy (non-hydrogen) atoms. The molecule has 3 aromatic rings. The van der Waals surface area contributed by atoms with Crippen LogP contribution in [0.1, 0.15) is 24.7 Å². The van der Waals surface area contributed by atoms with Crippen molar-refractivity contribution in [1.82, 2.24) is 14.8 Å². The smallest absolute Gasteiger partial charge is 0.324 e. The molecule has 1 N–H and O–H groups in total. The highest BCUT2D eigenvalue weighted by Crippen LogP contribution is 2.34. The van der Waals surface area contributed by atoms with Crippen molar-refractivity contribution in [2.24, 2.45) is 7.05 Å². The molecule has 1 amide bonds. The highest BCUT2D eigenvalue weighted by Gasteiger charge is 2.31. The molecule has 2 aromatic carbocycles. The molecular weight excluding hydrogens is 513 g/mol. The zero-order valence-corrected chi connectivity index (χ0v) is 20.4. The molecule has 1 atom stereocenters. The van der Waals surface area contributed by atoms with E-state index in [1.54, 1.807) is 32.2 Å². The summed E-state index contributed by atoms with van der Waals surface area (Å²) in [5.41, 5.74) is -1.10. The Hall–Kier alpha value is -2.57. The van der Waals surface area contributed by atoms with Gasteiger partial charge >= 0.3 is 6.18 Å². The number of hydrogen-bond donors (Lipinski definition) is 1. The highest BCUT2D eigenvalue weighted by molar-refractivity contribution is 8.00. The number of anilines is 1. The average molecular weight is 533 g/mol. The number of amides is 1. The van der Waals surface area contributed by atoms with Gasteiger partial charge in [-0.3, -0.25) is 4.79 Å². The summed E-state index contributed by atoms with van der Waals surface area (Å²) in [7, 11) is -2.08. The fourth-order valence-electron chi connectivity index (χ4n) is 2.91. The predicted molar refractivity (Wildman–Crippen MR) is 123 cm³/mol. The molecule has 0 aliphatic heterocycles. The predicted octanol–water partition coefficient (Wildman–Crippen LogP) is 4.97. The maximum absolute atomic E-state index is 13.0. The zero-order valence-electron chi connectivity index (χ0n) is 18.0. The number of thioether (sulfide) groups is 1. The van der Waals surface area contributed by atoms with Gasteiger partial charge in [-0.05, 0) is 36.8 Å². The summed E-state index contributed by atoms with van der Waals surface area (Å²) in [6, 6.07) is 10.6. The van der Waals surface area contributed by atoms with Gasteiger partial charge in [0.05, 0.1) is 26.4 Å². The molecule has 0 fully saturated rings. The molecule has 0 saturated heterocycles. The molecule has 0 saturated carbocycles. The van der Waals surface area contributed by atoms with Crippen molar-refractivity contribution in [3.8, 4) is 0 Å². The number of rotatable bonds is 8. The van der Waals surface area contributed by atoms with Gasteiger partial charge in [-0.15, -0.1) is 10.2 Å². The number of aromatic nitrogens is 3. The third-order valence-corrected chi connectivity index (χ3v) is 8.17. The molecule has 0 aliphatic carbocycles. The van der Waals surface area contributed by atoms with Crippen molar-refractivity contribution >= 4 is 44.8 Å². The van der Waals surface area contributed by atoms with Crippen LogP contribution in [0.2, 0.25) is 5.02 Å². The molecule has 13 heteroatoms. The maximum atomic E-state index is 13.0. The molecule has 7 nitrogen and oxygen atoms in total. The van der Waals surface area contributed by atoms with Crippen molar-refractivity contribution < 1.29 is 26.4 Å². The van der Waals surface area contributed by atoms with Gasteiger partial charge in [-0.1, -0.05) is 48.5 Å². The minimum atomic E-state index is -4.59. The lowest BCUT2D eigenvalue weighted by Gasteiger charge is -2.16. The Morgan fingerprint density at radius 2 is 1.85 bits per heavy atom. The summed E-state index contributed by atoms with van der Waals surface area (Å²) in [6.45, 7) is 1.72. The van der Waals surface area contributed by atoms with Gasteiger partial charge in [0.25, 0.3) is 0 Å². The van der Waals surface area contributed by atoms with Crippen LogP contribution in [-0.4, -0.2) is 34.3 Å². The monoisotopic (exact) mass is 532 g/mol. The number of nitrogens with zero attached hydrogens (tertiary/aromatic N) is 3.